The number of carbonyl (C=O) groups is 1. The van der Waals surface area contributed by atoms with Gasteiger partial charge in [-0.25, -0.2) is 9.10 Å². The molecule has 0 aliphatic rings. The monoisotopic (exact) mass is 197 g/mol. The molecule has 0 N–H and O–H groups in total. The summed E-state index contributed by atoms with van der Waals surface area (Å²) in [7, 11) is 2.52. The minimum atomic E-state index is -1.35. The van der Waals surface area contributed by atoms with E-state index in [1.54, 1.807) is 0 Å². The molecule has 0 spiro atoms. The van der Waals surface area contributed by atoms with Crippen LogP contribution in [0.4, 0.5) is 9.18 Å². The first-order chi connectivity index (χ1) is 5.22. The maximum absolute atomic E-state index is 12.1. The molecule has 0 aromatic rings. The van der Waals surface area contributed by atoms with Gasteiger partial charge in [-0.2, -0.15) is 0 Å². The lowest BCUT2D eigenvalue weighted by Crippen LogP contribution is -2.18. The van der Waals surface area contributed by atoms with Crippen molar-refractivity contribution >= 4 is 27.9 Å². The first-order valence-electron chi connectivity index (χ1n) is 3.40. The molecular weight excluding hydrogens is 185 g/mol. The average Bonchev–Trinajstić information content (AvgIpc) is 1.97. The van der Waals surface area contributed by atoms with Crippen LogP contribution in [0.2, 0.25) is 0 Å². The highest BCUT2D eigenvalue weighted by Crippen LogP contribution is 2.23. The van der Waals surface area contributed by atoms with Crippen LogP contribution in [0.1, 0.15) is 19.8 Å². The summed E-state index contributed by atoms with van der Waals surface area (Å²) in [5.74, 6) is 0. The van der Waals surface area contributed by atoms with E-state index in [4.69, 9.17) is 0 Å². The Kier molecular flexibility index (Phi) is 6.85. The van der Waals surface area contributed by atoms with Crippen molar-refractivity contribution < 1.29 is 9.18 Å². The zero-order valence-corrected chi connectivity index (χ0v) is 8.30. The van der Waals surface area contributed by atoms with Crippen LogP contribution in [0, 0.1) is 0 Å². The first-order valence-corrected chi connectivity index (χ1v) is 5.91. The van der Waals surface area contributed by atoms with Crippen LogP contribution in [0.15, 0.2) is 0 Å². The van der Waals surface area contributed by atoms with Crippen molar-refractivity contribution in [3.63, 3.8) is 0 Å². The van der Waals surface area contributed by atoms with E-state index in [2.05, 4.69) is 0 Å². The summed E-state index contributed by atoms with van der Waals surface area (Å²) < 4.78 is 13.3. The van der Waals surface area contributed by atoms with E-state index in [1.165, 1.54) is 10.8 Å². The average molecular weight is 197 g/mol. The Labute approximate surface area is 74.4 Å². The summed E-state index contributed by atoms with van der Waals surface area (Å²) in [6.45, 7) is 2.50. The van der Waals surface area contributed by atoms with E-state index in [0.717, 1.165) is 28.1 Å². The highest BCUT2D eigenvalue weighted by molar-refractivity contribution is 8.75. The quantitative estimate of drug-likeness (QED) is 0.292. The van der Waals surface area contributed by atoms with Gasteiger partial charge >= 0.3 is 6.16 Å². The molecule has 2 nitrogen and oxygen atoms in total. The number of halogens is 1. The number of hydrogen-bond donors (Lipinski definition) is 0. The van der Waals surface area contributed by atoms with Gasteiger partial charge in [-0.15, -0.1) is 4.39 Å². The Morgan fingerprint density at radius 3 is 2.64 bits per heavy atom. The molecule has 0 heterocycles. The van der Waals surface area contributed by atoms with E-state index in [0.29, 0.717) is 6.54 Å². The van der Waals surface area contributed by atoms with Crippen molar-refractivity contribution in [2.75, 3.05) is 12.8 Å². The molecule has 0 fully saturated rings. The maximum atomic E-state index is 12.1. The smallest absolute Gasteiger partial charge is 0.249 e. The molecular formula is C6H12FNOS2. The summed E-state index contributed by atoms with van der Waals surface area (Å²) in [6, 6.07) is 0. The van der Waals surface area contributed by atoms with Crippen molar-refractivity contribution in [3.05, 3.63) is 0 Å². The van der Waals surface area contributed by atoms with Crippen molar-refractivity contribution in [2.45, 2.75) is 19.8 Å². The van der Waals surface area contributed by atoms with Gasteiger partial charge in [-0.1, -0.05) is 24.1 Å². The predicted octanol–water partition coefficient (Wildman–Crippen LogP) is 3.10. The van der Waals surface area contributed by atoms with Crippen LogP contribution in [-0.4, -0.2) is 23.3 Å². The van der Waals surface area contributed by atoms with Gasteiger partial charge in [-0.3, -0.25) is 0 Å². The Morgan fingerprint density at radius 2 is 2.27 bits per heavy atom. The zero-order chi connectivity index (χ0) is 8.69. The van der Waals surface area contributed by atoms with Crippen molar-refractivity contribution in [1.82, 2.24) is 4.31 Å². The van der Waals surface area contributed by atoms with Gasteiger partial charge in [0.15, 0.2) is 0 Å². The molecule has 0 aliphatic heterocycles. The van der Waals surface area contributed by atoms with E-state index >= 15 is 0 Å². The van der Waals surface area contributed by atoms with E-state index in [1.807, 2.05) is 13.2 Å². The summed E-state index contributed by atoms with van der Waals surface area (Å²) in [5, 5.41) is 0. The Morgan fingerprint density at radius 1 is 1.64 bits per heavy atom. The van der Waals surface area contributed by atoms with Crippen molar-refractivity contribution in [3.8, 4) is 0 Å². The number of amides is 1. The Balaban J connectivity index is 3.60. The minimum absolute atomic E-state index is 0.497. The Bertz CT molecular complexity index is 123. The van der Waals surface area contributed by atoms with E-state index in [9.17, 15) is 9.18 Å². The van der Waals surface area contributed by atoms with Gasteiger partial charge in [0.1, 0.15) is 0 Å². The van der Waals surface area contributed by atoms with Gasteiger partial charge < -0.3 is 0 Å². The van der Waals surface area contributed by atoms with Gasteiger partial charge in [0.25, 0.3) is 0 Å². The second kappa shape index (κ2) is 6.79. The molecule has 0 saturated heterocycles. The Hall–Kier alpha value is 0.1000. The molecule has 0 bridgehead atoms. The lowest BCUT2D eigenvalue weighted by atomic mass is 10.3. The second-order valence-corrected chi connectivity index (χ2v) is 4.32. The summed E-state index contributed by atoms with van der Waals surface area (Å²) in [6.07, 6.45) is 2.28. The highest BCUT2D eigenvalue weighted by atomic mass is 33.1. The van der Waals surface area contributed by atoms with Crippen molar-refractivity contribution in [1.29, 1.82) is 0 Å². The lowest BCUT2D eigenvalue weighted by Gasteiger charge is -2.13. The maximum Gasteiger partial charge on any atom is 0.410 e. The van der Waals surface area contributed by atoms with Crippen LogP contribution < -0.4 is 0 Å². The molecule has 0 atom stereocenters. The molecule has 0 aliphatic carbocycles. The fraction of sp³-hybridized carbons (Fsp3) is 0.833. The molecule has 0 aromatic heterocycles. The van der Waals surface area contributed by atoms with Crippen LogP contribution in [0.25, 0.3) is 0 Å². The fourth-order valence-electron chi connectivity index (χ4n) is 0.546. The molecule has 0 unspecified atom stereocenters. The largest absolute Gasteiger partial charge is 0.410 e. The first kappa shape index (κ1) is 11.1. The summed E-state index contributed by atoms with van der Waals surface area (Å²) in [4.78, 5) is 10.3. The number of hydrogen-bond acceptors (Lipinski definition) is 3. The van der Waals surface area contributed by atoms with E-state index in [-0.39, 0.29) is 0 Å². The highest BCUT2D eigenvalue weighted by Gasteiger charge is 2.11. The van der Waals surface area contributed by atoms with Crippen LogP contribution in [-0.2, 0) is 0 Å². The van der Waals surface area contributed by atoms with Crippen LogP contribution in [0.3, 0.4) is 0 Å². The van der Waals surface area contributed by atoms with Crippen LogP contribution >= 0.6 is 21.8 Å². The normalized spacial score (nSPS) is 9.73. The SMILES string of the molecule is CCCCN(SSC)C(=O)F. The molecule has 0 rings (SSSR count). The molecule has 0 saturated carbocycles. The molecule has 11 heavy (non-hydrogen) atoms. The number of unbranched alkanes of at least 4 members (excludes halogenated alkanes) is 1. The number of nitrogens with zero attached hydrogens (tertiary/aromatic N) is 1. The minimum Gasteiger partial charge on any atom is -0.249 e. The van der Waals surface area contributed by atoms with Gasteiger partial charge in [0.2, 0.25) is 0 Å². The topological polar surface area (TPSA) is 20.3 Å². The standard InChI is InChI=1S/C6H12FNOS2/c1-3-4-5-8(6(7)9)11-10-2/h3-5H2,1-2H3. The molecule has 0 aromatic carbocycles. The van der Waals surface area contributed by atoms with Gasteiger partial charge in [0, 0.05) is 17.5 Å². The number of carbonyl (C=O) groups excluding carboxylic acids is 1. The molecule has 0 radical (unpaired) electrons. The lowest BCUT2D eigenvalue weighted by molar-refractivity contribution is 0.204. The van der Waals surface area contributed by atoms with Crippen LogP contribution in [0.5, 0.6) is 0 Å². The predicted molar refractivity (Wildman–Crippen MR) is 49.2 cm³/mol. The van der Waals surface area contributed by atoms with Gasteiger partial charge in [0.05, 0.1) is 0 Å². The summed E-state index contributed by atoms with van der Waals surface area (Å²) >= 11 is 0. The molecule has 1 amide bonds. The molecule has 66 valence electrons. The zero-order valence-electron chi connectivity index (χ0n) is 6.67. The second-order valence-electron chi connectivity index (χ2n) is 1.95. The van der Waals surface area contributed by atoms with E-state index < -0.39 is 6.16 Å². The number of rotatable bonds is 5. The van der Waals surface area contributed by atoms with Gasteiger partial charge in [-0.05, 0) is 12.7 Å². The fourth-order valence-corrected chi connectivity index (χ4v) is 1.93. The third-order valence-corrected chi connectivity index (χ3v) is 2.72. The third kappa shape index (κ3) is 5.38. The molecule has 5 heteroatoms. The third-order valence-electron chi connectivity index (χ3n) is 1.08. The summed E-state index contributed by atoms with van der Waals surface area (Å²) in [5.41, 5.74) is 0. The van der Waals surface area contributed by atoms with Crippen molar-refractivity contribution in [2.24, 2.45) is 0 Å².